The maximum Gasteiger partial charge on any atom is 0.407 e. The molecule has 0 aromatic heterocycles. The Morgan fingerprint density at radius 3 is 2.50 bits per heavy atom. The molecule has 0 saturated carbocycles. The fraction of sp³-hybridized carbons (Fsp3) is 0.933. The highest BCUT2D eigenvalue weighted by atomic mass is 16.6. The van der Waals surface area contributed by atoms with Crippen LogP contribution in [0.4, 0.5) is 4.79 Å². The Balaban J connectivity index is 2.58. The SMILES string of the molecule is CN1CCCCC1C(C)(CN)CNC(=O)OC(C)(C)C. The van der Waals surface area contributed by atoms with Crippen LogP contribution in [-0.4, -0.2) is 49.3 Å². The zero-order chi connectivity index (χ0) is 15.4. The number of nitrogens with zero attached hydrogens (tertiary/aromatic N) is 1. The second-order valence-electron chi connectivity index (χ2n) is 7.21. The van der Waals surface area contributed by atoms with E-state index in [0.29, 0.717) is 19.1 Å². The third kappa shape index (κ3) is 4.94. The molecule has 1 rings (SSSR count). The van der Waals surface area contributed by atoms with Gasteiger partial charge in [0.2, 0.25) is 0 Å². The van der Waals surface area contributed by atoms with Crippen molar-refractivity contribution in [3.63, 3.8) is 0 Å². The first-order valence-electron chi connectivity index (χ1n) is 7.55. The van der Waals surface area contributed by atoms with Gasteiger partial charge in [0, 0.05) is 24.5 Å². The van der Waals surface area contributed by atoms with Gasteiger partial charge in [-0.2, -0.15) is 0 Å². The number of hydrogen-bond donors (Lipinski definition) is 2. The quantitative estimate of drug-likeness (QED) is 0.828. The molecule has 5 heteroatoms. The molecule has 1 aliphatic rings. The second kappa shape index (κ2) is 6.76. The zero-order valence-corrected chi connectivity index (χ0v) is 13.7. The van der Waals surface area contributed by atoms with Gasteiger partial charge >= 0.3 is 6.09 Å². The third-order valence-corrected chi connectivity index (χ3v) is 4.08. The lowest BCUT2D eigenvalue weighted by Crippen LogP contribution is -2.55. The molecular formula is C15H31N3O2. The van der Waals surface area contributed by atoms with Crippen molar-refractivity contribution in [3.8, 4) is 0 Å². The van der Waals surface area contributed by atoms with Crippen molar-refractivity contribution in [3.05, 3.63) is 0 Å². The van der Waals surface area contributed by atoms with Crippen LogP contribution >= 0.6 is 0 Å². The molecule has 0 aliphatic carbocycles. The Kier molecular flexibility index (Phi) is 5.83. The normalized spacial score (nSPS) is 24.0. The monoisotopic (exact) mass is 285 g/mol. The van der Waals surface area contributed by atoms with Crippen LogP contribution in [0.15, 0.2) is 0 Å². The second-order valence-corrected chi connectivity index (χ2v) is 7.21. The Labute approximate surface area is 123 Å². The maximum absolute atomic E-state index is 11.8. The predicted octanol–water partition coefficient (Wildman–Crippen LogP) is 1.96. The summed E-state index contributed by atoms with van der Waals surface area (Å²) in [6.07, 6.45) is 3.25. The van der Waals surface area contributed by atoms with E-state index in [1.807, 2.05) is 20.8 Å². The molecule has 0 radical (unpaired) electrons. The summed E-state index contributed by atoms with van der Waals surface area (Å²) in [5, 5.41) is 2.88. The molecule has 1 saturated heterocycles. The van der Waals surface area contributed by atoms with Gasteiger partial charge in [0.15, 0.2) is 0 Å². The summed E-state index contributed by atoms with van der Waals surface area (Å²) < 4.78 is 5.29. The number of likely N-dealkylation sites (tertiary alicyclic amines) is 1. The van der Waals surface area contributed by atoms with Gasteiger partial charge in [-0.1, -0.05) is 13.3 Å². The summed E-state index contributed by atoms with van der Waals surface area (Å²) in [6.45, 7) is 9.95. The molecule has 5 nitrogen and oxygen atoms in total. The van der Waals surface area contributed by atoms with Crippen molar-refractivity contribution >= 4 is 6.09 Å². The number of carbonyl (C=O) groups is 1. The first-order valence-corrected chi connectivity index (χ1v) is 7.55. The predicted molar refractivity (Wildman–Crippen MR) is 81.7 cm³/mol. The van der Waals surface area contributed by atoms with E-state index in [0.717, 1.165) is 13.0 Å². The van der Waals surface area contributed by atoms with Gasteiger partial charge in [0.25, 0.3) is 0 Å². The van der Waals surface area contributed by atoms with E-state index in [2.05, 4.69) is 24.2 Å². The van der Waals surface area contributed by atoms with Gasteiger partial charge in [0.05, 0.1) is 0 Å². The average Bonchev–Trinajstić information content (AvgIpc) is 2.34. The van der Waals surface area contributed by atoms with E-state index in [4.69, 9.17) is 10.5 Å². The topological polar surface area (TPSA) is 67.6 Å². The molecule has 1 aliphatic heterocycles. The first-order chi connectivity index (χ1) is 9.18. The van der Waals surface area contributed by atoms with Crippen LogP contribution in [0.3, 0.4) is 0 Å². The minimum absolute atomic E-state index is 0.119. The molecule has 1 amide bonds. The molecule has 1 fully saturated rings. The average molecular weight is 285 g/mol. The minimum atomic E-state index is -0.467. The Morgan fingerprint density at radius 1 is 1.35 bits per heavy atom. The highest BCUT2D eigenvalue weighted by Gasteiger charge is 2.37. The van der Waals surface area contributed by atoms with E-state index < -0.39 is 5.60 Å². The van der Waals surface area contributed by atoms with Crippen molar-refractivity contribution in [2.75, 3.05) is 26.7 Å². The van der Waals surface area contributed by atoms with Crippen LogP contribution in [-0.2, 0) is 4.74 Å². The molecule has 20 heavy (non-hydrogen) atoms. The van der Waals surface area contributed by atoms with Crippen LogP contribution in [0.1, 0.15) is 47.0 Å². The molecule has 118 valence electrons. The highest BCUT2D eigenvalue weighted by Crippen LogP contribution is 2.30. The van der Waals surface area contributed by atoms with E-state index in [9.17, 15) is 4.79 Å². The van der Waals surface area contributed by atoms with E-state index in [1.54, 1.807) is 0 Å². The highest BCUT2D eigenvalue weighted by molar-refractivity contribution is 5.67. The number of nitrogens with two attached hydrogens (primary N) is 1. The van der Waals surface area contributed by atoms with E-state index >= 15 is 0 Å². The number of amides is 1. The van der Waals surface area contributed by atoms with Crippen LogP contribution < -0.4 is 11.1 Å². The van der Waals surface area contributed by atoms with Gasteiger partial charge < -0.3 is 20.7 Å². The number of ether oxygens (including phenoxy) is 1. The van der Waals surface area contributed by atoms with Gasteiger partial charge in [-0.3, -0.25) is 0 Å². The summed E-state index contributed by atoms with van der Waals surface area (Å²) in [7, 11) is 2.14. The Morgan fingerprint density at radius 2 is 2.00 bits per heavy atom. The van der Waals surface area contributed by atoms with Crippen molar-refractivity contribution in [1.82, 2.24) is 10.2 Å². The summed E-state index contributed by atoms with van der Waals surface area (Å²) in [4.78, 5) is 14.2. The van der Waals surface area contributed by atoms with Gasteiger partial charge in [-0.15, -0.1) is 0 Å². The van der Waals surface area contributed by atoms with Gasteiger partial charge in [-0.05, 0) is 47.2 Å². The summed E-state index contributed by atoms with van der Waals surface area (Å²) >= 11 is 0. The molecule has 3 N–H and O–H groups in total. The van der Waals surface area contributed by atoms with Crippen molar-refractivity contribution in [2.24, 2.45) is 11.1 Å². The number of carbonyl (C=O) groups excluding carboxylic acids is 1. The Hall–Kier alpha value is -0.810. The molecule has 2 unspecified atom stereocenters. The molecule has 1 heterocycles. The number of hydrogen-bond acceptors (Lipinski definition) is 4. The summed E-state index contributed by atoms with van der Waals surface area (Å²) in [5.74, 6) is 0. The molecule has 0 aromatic rings. The van der Waals surface area contributed by atoms with Gasteiger partial charge in [0.1, 0.15) is 5.60 Å². The van der Waals surface area contributed by atoms with E-state index in [-0.39, 0.29) is 11.5 Å². The molecule has 2 atom stereocenters. The van der Waals surface area contributed by atoms with Crippen molar-refractivity contribution in [2.45, 2.75) is 58.6 Å². The van der Waals surface area contributed by atoms with Crippen molar-refractivity contribution in [1.29, 1.82) is 0 Å². The van der Waals surface area contributed by atoms with Crippen LogP contribution in [0.2, 0.25) is 0 Å². The number of alkyl carbamates (subject to hydrolysis) is 1. The molecule has 0 bridgehead atoms. The van der Waals surface area contributed by atoms with Crippen LogP contribution in [0.25, 0.3) is 0 Å². The number of nitrogens with one attached hydrogen (secondary N) is 1. The smallest absolute Gasteiger partial charge is 0.407 e. The third-order valence-electron chi connectivity index (χ3n) is 4.08. The Bertz CT molecular complexity index is 328. The maximum atomic E-state index is 11.8. The van der Waals surface area contributed by atoms with Crippen LogP contribution in [0, 0.1) is 5.41 Å². The summed E-state index contributed by atoms with van der Waals surface area (Å²) in [5.41, 5.74) is 5.41. The molecular weight excluding hydrogens is 254 g/mol. The summed E-state index contributed by atoms with van der Waals surface area (Å²) in [6, 6.07) is 0.413. The van der Waals surface area contributed by atoms with E-state index in [1.165, 1.54) is 12.8 Å². The largest absolute Gasteiger partial charge is 0.444 e. The lowest BCUT2D eigenvalue weighted by atomic mass is 9.77. The van der Waals surface area contributed by atoms with Gasteiger partial charge in [-0.25, -0.2) is 4.79 Å². The minimum Gasteiger partial charge on any atom is -0.444 e. The van der Waals surface area contributed by atoms with Crippen LogP contribution in [0.5, 0.6) is 0 Å². The molecule has 0 spiro atoms. The van der Waals surface area contributed by atoms with Crippen molar-refractivity contribution < 1.29 is 9.53 Å². The first kappa shape index (κ1) is 17.2. The standard InChI is InChI=1S/C15H31N3O2/c1-14(2,3)20-13(19)17-11-15(4,10-16)12-8-6-7-9-18(12)5/h12H,6-11,16H2,1-5H3,(H,17,19). The number of rotatable bonds is 4. The lowest BCUT2D eigenvalue weighted by molar-refractivity contribution is 0.0401. The fourth-order valence-electron chi connectivity index (χ4n) is 2.87. The lowest BCUT2D eigenvalue weighted by Gasteiger charge is -2.44. The number of piperidine rings is 1. The molecule has 0 aromatic carbocycles. The zero-order valence-electron chi connectivity index (χ0n) is 13.7. The fourth-order valence-corrected chi connectivity index (χ4v) is 2.87.